The third-order valence-electron chi connectivity index (χ3n) is 5.16. The van der Waals surface area contributed by atoms with Crippen LogP contribution in [0, 0.1) is 5.41 Å². The molecule has 0 aliphatic carbocycles. The Morgan fingerprint density at radius 1 is 1.24 bits per heavy atom. The molecule has 3 aliphatic heterocycles. The van der Waals surface area contributed by atoms with E-state index < -0.39 is 0 Å². The molecule has 0 aromatic heterocycles. The van der Waals surface area contributed by atoms with Crippen LogP contribution in [0.4, 0.5) is 0 Å². The number of amides is 2. The smallest absolute Gasteiger partial charge is 0.245 e. The predicted molar refractivity (Wildman–Crippen MR) is 82.3 cm³/mol. The van der Waals surface area contributed by atoms with E-state index in [1.165, 1.54) is 0 Å². The first-order valence-electron chi connectivity index (χ1n) is 7.92. The zero-order valence-corrected chi connectivity index (χ0v) is 13.3. The second kappa shape index (κ2) is 6.16. The molecule has 21 heavy (non-hydrogen) atoms. The Kier molecular flexibility index (Phi) is 4.45. The molecule has 2 amide bonds. The summed E-state index contributed by atoms with van der Waals surface area (Å²) in [7, 11) is 0. The van der Waals surface area contributed by atoms with Gasteiger partial charge in [0.05, 0.1) is 6.54 Å². The number of piperidine rings is 1. The fourth-order valence-electron chi connectivity index (χ4n) is 3.74. The van der Waals surface area contributed by atoms with Crippen LogP contribution in [-0.2, 0) is 14.3 Å². The van der Waals surface area contributed by atoms with Crippen molar-refractivity contribution in [3.63, 3.8) is 0 Å². The summed E-state index contributed by atoms with van der Waals surface area (Å²) in [5.74, 6) is 0.991. The Hall–Kier alpha value is -0.750. The molecule has 0 radical (unpaired) electrons. The molecule has 0 N–H and O–H groups in total. The van der Waals surface area contributed by atoms with E-state index in [1.807, 2.05) is 0 Å². The average molecular weight is 312 g/mol. The van der Waals surface area contributed by atoms with Gasteiger partial charge in [0.2, 0.25) is 11.8 Å². The molecule has 3 rings (SSSR count). The highest BCUT2D eigenvalue weighted by molar-refractivity contribution is 7.80. The summed E-state index contributed by atoms with van der Waals surface area (Å²) in [6.07, 6.45) is 4.72. The molecule has 118 valence electrons. The van der Waals surface area contributed by atoms with Gasteiger partial charge in [-0.15, -0.1) is 0 Å². The third kappa shape index (κ3) is 2.93. The van der Waals surface area contributed by atoms with Crippen LogP contribution in [0.15, 0.2) is 0 Å². The van der Waals surface area contributed by atoms with Crippen LogP contribution in [0.3, 0.4) is 0 Å². The zero-order valence-electron chi connectivity index (χ0n) is 12.4. The molecular weight excluding hydrogens is 288 g/mol. The molecule has 3 heterocycles. The van der Waals surface area contributed by atoms with Crippen molar-refractivity contribution in [1.82, 2.24) is 9.80 Å². The lowest BCUT2D eigenvalue weighted by atomic mass is 9.81. The molecule has 0 bridgehead atoms. The van der Waals surface area contributed by atoms with Gasteiger partial charge in [0.1, 0.15) is 6.04 Å². The normalized spacial score (nSPS) is 29.5. The largest absolute Gasteiger partial charge is 0.381 e. The molecule has 3 saturated heterocycles. The van der Waals surface area contributed by atoms with E-state index in [4.69, 9.17) is 4.74 Å². The fourth-order valence-corrected chi connectivity index (χ4v) is 4.16. The number of carbonyl (C=O) groups excluding carboxylic acids is 2. The van der Waals surface area contributed by atoms with Crippen LogP contribution in [0.1, 0.15) is 32.1 Å². The number of fused-ring (bicyclic) bond motifs is 1. The Labute approximate surface area is 131 Å². The summed E-state index contributed by atoms with van der Waals surface area (Å²) in [6, 6.07) is -0.211. The first-order valence-corrected chi connectivity index (χ1v) is 8.55. The molecule has 0 saturated carbocycles. The second-order valence-corrected chi connectivity index (χ2v) is 6.88. The van der Waals surface area contributed by atoms with Crippen LogP contribution in [0.25, 0.3) is 0 Å². The summed E-state index contributed by atoms with van der Waals surface area (Å²) < 4.78 is 5.44. The van der Waals surface area contributed by atoms with Gasteiger partial charge in [-0.3, -0.25) is 9.59 Å². The van der Waals surface area contributed by atoms with Crippen molar-refractivity contribution in [1.29, 1.82) is 0 Å². The van der Waals surface area contributed by atoms with Gasteiger partial charge in [-0.05, 0) is 37.9 Å². The van der Waals surface area contributed by atoms with Crippen molar-refractivity contribution < 1.29 is 14.3 Å². The minimum absolute atomic E-state index is 0.00807. The average Bonchev–Trinajstić information content (AvgIpc) is 2.53. The van der Waals surface area contributed by atoms with Gasteiger partial charge in [-0.2, -0.15) is 12.6 Å². The Balaban J connectivity index is 1.72. The molecule has 5 nitrogen and oxygen atoms in total. The lowest BCUT2D eigenvalue weighted by molar-refractivity contribution is -0.159. The molecule has 1 unspecified atom stereocenters. The number of hydrogen-bond acceptors (Lipinski definition) is 4. The maximum absolute atomic E-state index is 12.7. The first kappa shape index (κ1) is 15.2. The quantitative estimate of drug-likeness (QED) is 0.789. The van der Waals surface area contributed by atoms with Gasteiger partial charge >= 0.3 is 0 Å². The van der Waals surface area contributed by atoms with Crippen LogP contribution in [-0.4, -0.2) is 66.3 Å². The first-order chi connectivity index (χ1) is 10.2. The second-order valence-electron chi connectivity index (χ2n) is 6.56. The number of piperazine rings is 1. The van der Waals surface area contributed by atoms with Crippen molar-refractivity contribution in [3.05, 3.63) is 0 Å². The molecular formula is C15H24N2O3S. The molecule has 3 fully saturated rings. The topological polar surface area (TPSA) is 49.9 Å². The molecule has 0 aromatic rings. The predicted octanol–water partition coefficient (Wildman–Crippen LogP) is 0.936. The number of nitrogens with zero attached hydrogens (tertiary/aromatic N) is 2. The van der Waals surface area contributed by atoms with E-state index in [1.54, 1.807) is 9.80 Å². The molecule has 1 atom stereocenters. The highest BCUT2D eigenvalue weighted by atomic mass is 32.1. The van der Waals surface area contributed by atoms with E-state index >= 15 is 0 Å². The highest BCUT2D eigenvalue weighted by Gasteiger charge is 2.43. The maximum atomic E-state index is 12.7. The molecule has 0 aromatic carbocycles. The van der Waals surface area contributed by atoms with Gasteiger partial charge in [0.25, 0.3) is 0 Å². The Morgan fingerprint density at radius 2 is 2.00 bits per heavy atom. The lowest BCUT2D eigenvalue weighted by Crippen LogP contribution is -2.63. The van der Waals surface area contributed by atoms with E-state index in [9.17, 15) is 9.59 Å². The van der Waals surface area contributed by atoms with Crippen molar-refractivity contribution in [2.24, 2.45) is 5.41 Å². The van der Waals surface area contributed by atoms with Crippen molar-refractivity contribution in [2.75, 3.05) is 38.6 Å². The van der Waals surface area contributed by atoms with E-state index in [0.29, 0.717) is 6.54 Å². The summed E-state index contributed by atoms with van der Waals surface area (Å²) in [5.41, 5.74) is 0.00807. The number of rotatable bonds is 3. The molecule has 6 heteroatoms. The van der Waals surface area contributed by atoms with Crippen molar-refractivity contribution in [2.45, 2.75) is 38.1 Å². The Bertz CT molecular complexity index is 423. The van der Waals surface area contributed by atoms with Crippen LogP contribution >= 0.6 is 12.6 Å². The number of ether oxygens (including phenoxy) is 1. The summed E-state index contributed by atoms with van der Waals surface area (Å²) in [6.45, 7) is 3.09. The third-order valence-corrected chi connectivity index (χ3v) is 5.83. The summed E-state index contributed by atoms with van der Waals surface area (Å²) in [5, 5.41) is 0. The molecule has 3 aliphatic rings. The summed E-state index contributed by atoms with van der Waals surface area (Å²) in [4.78, 5) is 28.6. The summed E-state index contributed by atoms with van der Waals surface area (Å²) >= 11 is 4.50. The van der Waals surface area contributed by atoms with Gasteiger partial charge in [0.15, 0.2) is 0 Å². The van der Waals surface area contributed by atoms with E-state index in [-0.39, 0.29) is 29.8 Å². The number of hydrogen-bond donors (Lipinski definition) is 1. The minimum atomic E-state index is -0.211. The monoisotopic (exact) mass is 312 g/mol. The zero-order chi connectivity index (χ0) is 14.9. The fraction of sp³-hybridized carbons (Fsp3) is 0.867. The molecule has 0 spiro atoms. The minimum Gasteiger partial charge on any atom is -0.381 e. The van der Waals surface area contributed by atoms with Gasteiger partial charge in [0, 0.05) is 31.7 Å². The number of carbonyl (C=O) groups is 2. The highest BCUT2D eigenvalue weighted by Crippen LogP contribution is 2.34. The van der Waals surface area contributed by atoms with Gasteiger partial charge < -0.3 is 14.5 Å². The SMILES string of the molecule is O=C1C2CCCCN2C(=O)CN1CC1(CS)CCOCC1. The maximum Gasteiger partial charge on any atom is 0.245 e. The van der Waals surface area contributed by atoms with Crippen molar-refractivity contribution in [3.8, 4) is 0 Å². The van der Waals surface area contributed by atoms with Gasteiger partial charge in [-0.25, -0.2) is 0 Å². The standard InChI is InChI=1S/C15H24N2O3S/c18-13-9-16(10-15(11-21)4-7-20-8-5-15)14(19)12-3-1-2-6-17(12)13/h12,21H,1-11H2. The van der Waals surface area contributed by atoms with Crippen molar-refractivity contribution >= 4 is 24.4 Å². The van der Waals surface area contributed by atoms with Crippen LogP contribution in [0.2, 0.25) is 0 Å². The van der Waals surface area contributed by atoms with E-state index in [2.05, 4.69) is 12.6 Å². The van der Waals surface area contributed by atoms with Crippen LogP contribution in [0.5, 0.6) is 0 Å². The lowest BCUT2D eigenvalue weighted by Gasteiger charge is -2.46. The Morgan fingerprint density at radius 3 is 2.71 bits per heavy atom. The van der Waals surface area contributed by atoms with Gasteiger partial charge in [-0.1, -0.05) is 0 Å². The van der Waals surface area contributed by atoms with E-state index in [0.717, 1.165) is 57.6 Å². The number of thiol groups is 1. The van der Waals surface area contributed by atoms with Crippen LogP contribution < -0.4 is 0 Å².